The molecule has 0 radical (unpaired) electrons. The Morgan fingerprint density at radius 3 is 1.38 bits per heavy atom. The van der Waals surface area contributed by atoms with Gasteiger partial charge in [-0.15, -0.1) is 0 Å². The summed E-state index contributed by atoms with van der Waals surface area (Å²) in [6, 6.07) is 0. The predicted molar refractivity (Wildman–Crippen MR) is 53.8 cm³/mol. The second-order valence-electron chi connectivity index (χ2n) is 3.85. The minimum Gasteiger partial charge on any atom is -0.325 e. The van der Waals surface area contributed by atoms with E-state index in [-0.39, 0.29) is 5.54 Å². The highest BCUT2D eigenvalue weighted by Crippen LogP contribution is 2.27. The summed E-state index contributed by atoms with van der Waals surface area (Å²) in [5, 5.41) is 0. The maximum atomic E-state index is 8.60. The van der Waals surface area contributed by atoms with Crippen LogP contribution in [-0.2, 0) is 0 Å². The summed E-state index contributed by atoms with van der Waals surface area (Å²) in [6.45, 7) is 8.87. The van der Waals surface area contributed by atoms with Crippen LogP contribution in [0.4, 0.5) is 0 Å². The highest BCUT2D eigenvalue weighted by molar-refractivity contribution is 4.87. The Labute approximate surface area is 100 Å². The van der Waals surface area contributed by atoms with Crippen molar-refractivity contribution >= 4 is 0 Å². The van der Waals surface area contributed by atoms with Crippen LogP contribution in [0.15, 0.2) is 0 Å². The standard InChI is InChI=1S/C10H23N.ClHO4/c1-5-9(6-2)10(11,7-3)8-4;2-1(3,4)5/h9H,5-8,11H2,1-4H3;(H,2,3,4,5). The summed E-state index contributed by atoms with van der Waals surface area (Å²) in [6.07, 6.45) is 4.65. The van der Waals surface area contributed by atoms with E-state index in [0.717, 1.165) is 12.8 Å². The summed E-state index contributed by atoms with van der Waals surface area (Å²) in [5.41, 5.74) is 6.36. The molecule has 0 saturated carbocycles. The zero-order valence-electron chi connectivity index (χ0n) is 10.5. The second-order valence-corrected chi connectivity index (χ2v) is 4.64. The molecule has 3 N–H and O–H groups in total. The lowest BCUT2D eigenvalue weighted by Crippen LogP contribution is -2.58. The molecule has 0 heterocycles. The third-order valence-corrected chi connectivity index (χ3v) is 3.12. The average Bonchev–Trinajstić information content (AvgIpc) is 2.16. The Morgan fingerprint density at radius 1 is 1.06 bits per heavy atom. The first-order chi connectivity index (χ1) is 7.14. The van der Waals surface area contributed by atoms with Crippen molar-refractivity contribution < 1.29 is 28.9 Å². The number of hydrogen-bond donors (Lipinski definition) is 2. The van der Waals surface area contributed by atoms with Gasteiger partial charge in [0.25, 0.3) is 0 Å². The van der Waals surface area contributed by atoms with Gasteiger partial charge in [-0.25, -0.2) is 0 Å². The fourth-order valence-corrected chi connectivity index (χ4v) is 1.93. The van der Waals surface area contributed by atoms with Crippen LogP contribution in [-0.4, -0.2) is 10.2 Å². The van der Waals surface area contributed by atoms with E-state index in [1.807, 2.05) is 0 Å². The molecule has 0 saturated heterocycles. The van der Waals surface area contributed by atoms with Gasteiger partial charge in [-0.2, -0.15) is 14.0 Å². The van der Waals surface area contributed by atoms with Crippen molar-refractivity contribution in [1.82, 2.24) is 0 Å². The van der Waals surface area contributed by atoms with Gasteiger partial charge in [-0.3, -0.25) is 0 Å². The molecule has 0 aliphatic rings. The van der Waals surface area contributed by atoms with Gasteiger partial charge in [-0.05, 0) is 18.8 Å². The Bertz CT molecular complexity index is 159. The van der Waals surface area contributed by atoms with E-state index in [0.29, 0.717) is 5.92 Å². The lowest BCUT2D eigenvalue weighted by Gasteiger charge is -2.35. The molecule has 0 aromatic heterocycles. The molecule has 0 bridgehead atoms. The third kappa shape index (κ3) is 9.33. The van der Waals surface area contributed by atoms with E-state index in [4.69, 9.17) is 24.4 Å². The van der Waals surface area contributed by atoms with E-state index < -0.39 is 10.2 Å². The van der Waals surface area contributed by atoms with Crippen LogP contribution >= 0.6 is 0 Å². The summed E-state index contributed by atoms with van der Waals surface area (Å²) in [4.78, 5) is 0. The minimum absolute atomic E-state index is 0.101. The number of hydrogen-bond acceptors (Lipinski definition) is 5. The molecule has 0 fully saturated rings. The summed E-state index contributed by atoms with van der Waals surface area (Å²) >= 11 is 0. The largest absolute Gasteiger partial charge is 0.325 e. The van der Waals surface area contributed by atoms with Crippen LogP contribution in [0.1, 0.15) is 53.4 Å². The first-order valence-corrected chi connectivity index (χ1v) is 6.83. The van der Waals surface area contributed by atoms with Crippen LogP contribution in [0.3, 0.4) is 0 Å². The zero-order chi connectivity index (χ0) is 13.4. The fraction of sp³-hybridized carbons (Fsp3) is 1.00. The molecule has 0 unspecified atom stereocenters. The van der Waals surface area contributed by atoms with Gasteiger partial charge in [0.1, 0.15) is 0 Å². The van der Waals surface area contributed by atoms with Gasteiger partial charge in [0, 0.05) is 5.54 Å². The maximum absolute atomic E-state index is 8.60. The van der Waals surface area contributed by atoms with E-state index >= 15 is 0 Å². The van der Waals surface area contributed by atoms with Gasteiger partial charge < -0.3 is 5.73 Å². The summed E-state index contributed by atoms with van der Waals surface area (Å²) in [7, 11) is -4.69. The van der Waals surface area contributed by atoms with Crippen molar-refractivity contribution in [3.63, 3.8) is 0 Å². The van der Waals surface area contributed by atoms with E-state index in [1.54, 1.807) is 0 Å². The lowest BCUT2D eigenvalue weighted by molar-refractivity contribution is -1.92. The molecule has 0 rings (SSSR count). The minimum atomic E-state index is -4.69. The van der Waals surface area contributed by atoms with Crippen molar-refractivity contribution in [3.8, 4) is 0 Å². The molecule has 0 amide bonds. The first kappa shape index (κ1) is 18.5. The smallest absolute Gasteiger partial charge is 0.0777 e. The van der Waals surface area contributed by atoms with Gasteiger partial charge in [0.15, 0.2) is 0 Å². The predicted octanol–water partition coefficient (Wildman–Crippen LogP) is -1.18. The Morgan fingerprint density at radius 2 is 1.31 bits per heavy atom. The molecule has 0 aromatic rings. The SMILES string of the molecule is CCC(CC)C(N)(CC)CC.[O-][Cl+3]([O-])([O-])O. The first-order valence-electron chi connectivity index (χ1n) is 5.56. The molecule has 0 atom stereocenters. The highest BCUT2D eigenvalue weighted by atomic mass is 35.7. The number of rotatable bonds is 5. The molecular weight excluding hydrogens is 234 g/mol. The molecule has 6 heteroatoms. The molecule has 0 aliphatic carbocycles. The number of nitrogens with two attached hydrogens (primary N) is 1. The summed E-state index contributed by atoms with van der Waals surface area (Å²) in [5.74, 6) is 0.706. The molecule has 5 nitrogen and oxygen atoms in total. The van der Waals surface area contributed by atoms with Crippen LogP contribution in [0.25, 0.3) is 0 Å². The third-order valence-electron chi connectivity index (χ3n) is 3.12. The normalized spacial score (nSPS) is 12.4. The van der Waals surface area contributed by atoms with Crippen molar-refractivity contribution in [3.05, 3.63) is 0 Å². The molecule has 0 aliphatic heterocycles. The van der Waals surface area contributed by atoms with Gasteiger partial charge in [0.05, 0.1) is 14.9 Å². The maximum Gasteiger partial charge on any atom is 0.0777 e. The summed E-state index contributed by atoms with van der Waals surface area (Å²) < 4.78 is 32.7. The second kappa shape index (κ2) is 8.22. The van der Waals surface area contributed by atoms with Crippen molar-refractivity contribution in [1.29, 1.82) is 0 Å². The van der Waals surface area contributed by atoms with Crippen molar-refractivity contribution in [2.24, 2.45) is 11.7 Å². The average molecular weight is 258 g/mol. The van der Waals surface area contributed by atoms with Crippen LogP contribution in [0.2, 0.25) is 0 Å². The lowest BCUT2D eigenvalue weighted by atomic mass is 9.77. The van der Waals surface area contributed by atoms with E-state index in [2.05, 4.69) is 27.7 Å². The zero-order valence-corrected chi connectivity index (χ0v) is 11.3. The molecule has 100 valence electrons. The van der Waals surface area contributed by atoms with Crippen molar-refractivity contribution in [2.45, 2.75) is 58.9 Å². The molecule has 0 aromatic carbocycles. The Hall–Kier alpha value is 0.0900. The topological polar surface area (TPSA) is 115 Å². The van der Waals surface area contributed by atoms with Crippen LogP contribution in [0, 0.1) is 16.2 Å². The Kier molecular flexibility index (Phi) is 9.48. The molecule has 16 heavy (non-hydrogen) atoms. The van der Waals surface area contributed by atoms with E-state index in [9.17, 15) is 0 Å². The van der Waals surface area contributed by atoms with Gasteiger partial charge in [0.2, 0.25) is 0 Å². The quantitative estimate of drug-likeness (QED) is 0.643. The van der Waals surface area contributed by atoms with Crippen molar-refractivity contribution in [2.75, 3.05) is 0 Å². The van der Waals surface area contributed by atoms with Gasteiger partial charge in [-0.1, -0.05) is 40.5 Å². The highest BCUT2D eigenvalue weighted by Gasteiger charge is 2.28. The van der Waals surface area contributed by atoms with Gasteiger partial charge >= 0.3 is 0 Å². The van der Waals surface area contributed by atoms with Crippen LogP contribution < -0.4 is 19.7 Å². The fourth-order valence-electron chi connectivity index (χ4n) is 1.93. The van der Waals surface area contributed by atoms with E-state index in [1.165, 1.54) is 12.8 Å². The van der Waals surface area contributed by atoms with Crippen LogP contribution in [0.5, 0.6) is 0 Å². The molecule has 0 spiro atoms. The number of halogens is 1. The Balaban J connectivity index is 0. The molecular formula is C10H24ClNO4. The monoisotopic (exact) mass is 257 g/mol.